The van der Waals surface area contributed by atoms with Gasteiger partial charge in [-0.25, -0.2) is 13.4 Å². The predicted molar refractivity (Wildman–Crippen MR) is 131 cm³/mol. The number of halogens is 1. The van der Waals surface area contributed by atoms with E-state index in [1.807, 2.05) is 12.3 Å². The molecule has 1 N–H and O–H groups in total. The smallest absolute Gasteiger partial charge is 0.242 e. The molecule has 4 rings (SSSR count). The maximum atomic E-state index is 13.1. The normalized spacial score (nSPS) is 21.9. The maximum Gasteiger partial charge on any atom is 0.242 e. The minimum Gasteiger partial charge on any atom is -0.332 e. The Morgan fingerprint density at radius 1 is 1.30 bits per heavy atom. The van der Waals surface area contributed by atoms with E-state index < -0.39 is 16.1 Å². The van der Waals surface area contributed by atoms with Crippen LogP contribution in [0.5, 0.6) is 0 Å². The Kier molecular flexibility index (Phi) is 7.54. The third-order valence-corrected chi connectivity index (χ3v) is 9.03. The highest BCUT2D eigenvalue weighted by Gasteiger charge is 2.36. The van der Waals surface area contributed by atoms with E-state index in [9.17, 15) is 18.0 Å². The van der Waals surface area contributed by atoms with Crippen LogP contribution in [0, 0.1) is 6.92 Å². The van der Waals surface area contributed by atoms with Gasteiger partial charge in [-0.15, -0.1) is 22.7 Å². The van der Waals surface area contributed by atoms with Crippen molar-refractivity contribution in [1.29, 1.82) is 0 Å². The first-order valence-electron chi connectivity index (χ1n) is 10.7. The number of carbonyl (C=O) groups excluding carboxylic acids is 2. The molecule has 2 aromatic heterocycles. The van der Waals surface area contributed by atoms with Gasteiger partial charge in [0, 0.05) is 34.4 Å². The quantitative estimate of drug-likeness (QED) is 0.593. The molecule has 0 aliphatic carbocycles. The summed E-state index contributed by atoms with van der Waals surface area (Å²) in [6.07, 6.45) is 4.21. The number of nitrogens with zero attached hydrogens (tertiary/aromatic N) is 3. The topological polar surface area (TPSA) is 99.7 Å². The molecule has 0 saturated carbocycles. The number of likely N-dealkylation sites (tertiary alicyclic amines) is 2. The molecule has 12 heteroatoms. The number of thiophene rings is 1. The third kappa shape index (κ3) is 6.02. The fourth-order valence-corrected chi connectivity index (χ4v) is 7.13. The molecule has 2 aliphatic rings. The fourth-order valence-electron chi connectivity index (χ4n) is 4.12. The molecule has 2 aromatic rings. The molecular weight excluding hydrogens is 504 g/mol. The number of carbonyl (C=O) groups is 2. The summed E-state index contributed by atoms with van der Waals surface area (Å²) in [6, 6.07) is 2.47. The molecule has 2 atom stereocenters. The molecule has 178 valence electrons. The summed E-state index contributed by atoms with van der Waals surface area (Å²) in [4.78, 5) is 34.5. The molecule has 33 heavy (non-hydrogen) atoms. The van der Waals surface area contributed by atoms with Crippen molar-refractivity contribution < 1.29 is 18.0 Å². The Balaban J connectivity index is 1.38. The number of hydrogen-bond acceptors (Lipinski definition) is 7. The lowest BCUT2D eigenvalue weighted by atomic mass is 10.1. The van der Waals surface area contributed by atoms with Gasteiger partial charge in [0.05, 0.1) is 16.9 Å². The summed E-state index contributed by atoms with van der Waals surface area (Å²) >= 11 is 8.68. The molecule has 2 saturated heterocycles. The van der Waals surface area contributed by atoms with Gasteiger partial charge in [-0.2, -0.15) is 4.72 Å². The number of aromatic nitrogens is 1. The van der Waals surface area contributed by atoms with E-state index in [2.05, 4.69) is 9.71 Å². The highest BCUT2D eigenvalue weighted by atomic mass is 35.5. The van der Waals surface area contributed by atoms with Crippen LogP contribution >= 0.6 is 34.3 Å². The number of nitrogens with one attached hydrogen (secondary N) is 1. The lowest BCUT2D eigenvalue weighted by Crippen LogP contribution is -2.54. The summed E-state index contributed by atoms with van der Waals surface area (Å²) in [5.74, 6) is -0.497. The summed E-state index contributed by atoms with van der Waals surface area (Å²) in [5, 5.41) is 3.94. The highest BCUT2D eigenvalue weighted by Crippen LogP contribution is 2.34. The van der Waals surface area contributed by atoms with Crippen LogP contribution in [0.2, 0.25) is 4.34 Å². The summed E-state index contributed by atoms with van der Waals surface area (Å²) < 4.78 is 28.0. The van der Waals surface area contributed by atoms with Crippen LogP contribution < -0.4 is 4.72 Å². The SMILES string of the molecule is Cc1csc([C@@H]2CCCN2C(=O)CN2CCC[C@H](NS(=O)(=O)C=Cc3ccc(Cl)s3)C2=O)n1. The number of piperidine rings is 1. The van der Waals surface area contributed by atoms with Crippen LogP contribution in [-0.4, -0.2) is 60.7 Å². The molecule has 2 amide bonds. The van der Waals surface area contributed by atoms with E-state index in [1.54, 1.807) is 28.4 Å². The monoisotopic (exact) mass is 528 g/mol. The Morgan fingerprint density at radius 2 is 2.09 bits per heavy atom. The second kappa shape index (κ2) is 10.2. The molecule has 0 bridgehead atoms. The zero-order valence-electron chi connectivity index (χ0n) is 18.1. The van der Waals surface area contributed by atoms with Gasteiger partial charge in [0.25, 0.3) is 0 Å². The van der Waals surface area contributed by atoms with Crippen molar-refractivity contribution in [3.63, 3.8) is 0 Å². The highest BCUT2D eigenvalue weighted by molar-refractivity contribution is 7.92. The van der Waals surface area contributed by atoms with Crippen molar-refractivity contribution in [2.75, 3.05) is 19.6 Å². The Bertz CT molecular complexity index is 1160. The van der Waals surface area contributed by atoms with Crippen molar-refractivity contribution in [3.8, 4) is 0 Å². The summed E-state index contributed by atoms with van der Waals surface area (Å²) in [7, 11) is -3.83. The molecular formula is C21H25ClN4O4S3. The summed E-state index contributed by atoms with van der Waals surface area (Å²) in [6.45, 7) is 2.94. The third-order valence-electron chi connectivity index (χ3n) is 5.66. The number of aryl methyl sites for hydroxylation is 1. The van der Waals surface area contributed by atoms with Gasteiger partial charge in [0.2, 0.25) is 21.8 Å². The number of thiazole rings is 1. The first-order valence-corrected chi connectivity index (χ1v) is 14.3. The zero-order valence-corrected chi connectivity index (χ0v) is 21.3. The van der Waals surface area contributed by atoms with E-state index in [-0.39, 0.29) is 24.4 Å². The molecule has 4 heterocycles. The van der Waals surface area contributed by atoms with Crippen LogP contribution in [0.1, 0.15) is 47.3 Å². The van der Waals surface area contributed by atoms with Crippen LogP contribution in [0.4, 0.5) is 0 Å². The first kappa shape index (κ1) is 24.3. The van der Waals surface area contributed by atoms with E-state index in [0.717, 1.165) is 29.0 Å². The van der Waals surface area contributed by atoms with E-state index >= 15 is 0 Å². The van der Waals surface area contributed by atoms with Gasteiger partial charge in [0.1, 0.15) is 11.0 Å². The number of amides is 2. The second-order valence-corrected chi connectivity index (χ2v) is 12.4. The van der Waals surface area contributed by atoms with Crippen LogP contribution in [0.25, 0.3) is 6.08 Å². The number of sulfonamides is 1. The number of rotatable bonds is 7. The van der Waals surface area contributed by atoms with Crippen molar-refractivity contribution in [2.24, 2.45) is 0 Å². The second-order valence-electron chi connectivity index (χ2n) is 8.13. The van der Waals surface area contributed by atoms with Crippen molar-refractivity contribution in [1.82, 2.24) is 19.5 Å². The Labute approximate surface area is 206 Å². The van der Waals surface area contributed by atoms with Crippen molar-refractivity contribution >= 4 is 62.2 Å². The van der Waals surface area contributed by atoms with E-state index in [0.29, 0.717) is 35.1 Å². The van der Waals surface area contributed by atoms with Gasteiger partial charge in [-0.1, -0.05) is 11.6 Å². The fraction of sp³-hybridized carbons (Fsp3) is 0.476. The Hall–Kier alpha value is -1.79. The molecule has 0 unspecified atom stereocenters. The van der Waals surface area contributed by atoms with Crippen LogP contribution in [0.3, 0.4) is 0 Å². The maximum absolute atomic E-state index is 13.1. The molecule has 0 spiro atoms. The molecule has 2 aliphatic heterocycles. The van der Waals surface area contributed by atoms with Crippen molar-refractivity contribution in [2.45, 2.75) is 44.7 Å². The van der Waals surface area contributed by atoms with Crippen LogP contribution in [0.15, 0.2) is 22.9 Å². The van der Waals surface area contributed by atoms with Gasteiger partial charge in [0.15, 0.2) is 0 Å². The molecule has 2 fully saturated rings. The standard InChI is InChI=1S/C21H25ClN4O4S3/c1-14-13-31-20(23-14)17-5-3-10-26(17)19(27)12-25-9-2-4-16(21(25)28)24-33(29,30)11-8-15-6-7-18(22)32-15/h6-8,11,13,16-17,24H,2-5,9-10,12H2,1H3/t16-,17-/m0/s1. The lowest BCUT2D eigenvalue weighted by molar-refractivity contribution is -0.143. The van der Waals surface area contributed by atoms with E-state index in [1.165, 1.54) is 22.3 Å². The minimum absolute atomic E-state index is 0.0541. The molecule has 0 radical (unpaired) electrons. The average molecular weight is 529 g/mol. The van der Waals surface area contributed by atoms with Crippen LogP contribution in [-0.2, 0) is 19.6 Å². The minimum atomic E-state index is -3.83. The zero-order chi connectivity index (χ0) is 23.6. The van der Waals surface area contributed by atoms with Gasteiger partial charge in [-0.05, 0) is 50.8 Å². The lowest BCUT2D eigenvalue weighted by Gasteiger charge is -2.33. The predicted octanol–water partition coefficient (Wildman–Crippen LogP) is 3.41. The van der Waals surface area contributed by atoms with Gasteiger partial charge in [-0.3, -0.25) is 9.59 Å². The van der Waals surface area contributed by atoms with E-state index in [4.69, 9.17) is 11.6 Å². The van der Waals surface area contributed by atoms with Gasteiger partial charge < -0.3 is 9.80 Å². The Morgan fingerprint density at radius 3 is 2.79 bits per heavy atom. The van der Waals surface area contributed by atoms with Crippen molar-refractivity contribution in [3.05, 3.63) is 42.8 Å². The number of hydrogen-bond donors (Lipinski definition) is 1. The average Bonchev–Trinajstić information content (AvgIpc) is 3.50. The summed E-state index contributed by atoms with van der Waals surface area (Å²) in [5.41, 5.74) is 0.937. The first-order chi connectivity index (χ1) is 15.7. The van der Waals surface area contributed by atoms with Gasteiger partial charge >= 0.3 is 0 Å². The largest absolute Gasteiger partial charge is 0.332 e. The molecule has 8 nitrogen and oxygen atoms in total. The molecule has 0 aromatic carbocycles.